The molecule has 0 saturated heterocycles. The molecule has 0 aliphatic rings. The lowest BCUT2D eigenvalue weighted by molar-refractivity contribution is -0.488. The first-order valence-corrected chi connectivity index (χ1v) is 9.12. The van der Waals surface area contributed by atoms with Crippen LogP contribution in [0.25, 0.3) is 0 Å². The van der Waals surface area contributed by atoms with Gasteiger partial charge in [0, 0.05) is 39.5 Å². The molecule has 0 rings (SSSR count). The van der Waals surface area contributed by atoms with Crippen LogP contribution in [0.15, 0.2) is 0 Å². The Kier molecular flexibility index (Phi) is 11.9. The SMILES string of the molecule is CC(=O)OC[C@@H](OC(C)=O)[C@H](OC(C)=O)[C@H](OC(C)=O)[C@H](OC(C)=O)[C@H](C#N)C[N+](=O)[O-]. The molecular formula is C18H24N2O12. The van der Waals surface area contributed by atoms with Gasteiger partial charge < -0.3 is 23.7 Å². The molecule has 14 nitrogen and oxygen atoms in total. The maximum atomic E-state index is 11.8. The number of hydrogen-bond acceptors (Lipinski definition) is 13. The minimum absolute atomic E-state index is 0.677. The summed E-state index contributed by atoms with van der Waals surface area (Å²) in [5.41, 5.74) is 0. The smallest absolute Gasteiger partial charge is 0.303 e. The van der Waals surface area contributed by atoms with Gasteiger partial charge in [0.1, 0.15) is 6.61 Å². The summed E-state index contributed by atoms with van der Waals surface area (Å²) in [5, 5.41) is 20.4. The van der Waals surface area contributed by atoms with Gasteiger partial charge in [-0.3, -0.25) is 34.1 Å². The molecule has 0 radical (unpaired) electrons. The average molecular weight is 460 g/mol. The monoisotopic (exact) mass is 460 g/mol. The fraction of sp³-hybridized carbons (Fsp3) is 0.667. The van der Waals surface area contributed by atoms with Crippen molar-refractivity contribution in [1.82, 2.24) is 0 Å². The highest BCUT2D eigenvalue weighted by Gasteiger charge is 2.48. The Bertz CT molecular complexity index is 774. The normalized spacial score (nSPS) is 14.9. The third-order valence-electron chi connectivity index (χ3n) is 3.60. The lowest BCUT2D eigenvalue weighted by atomic mass is 9.92. The average Bonchev–Trinajstić information content (AvgIpc) is 2.63. The predicted molar refractivity (Wildman–Crippen MR) is 99.8 cm³/mol. The fourth-order valence-corrected chi connectivity index (χ4v) is 2.62. The van der Waals surface area contributed by atoms with Crippen molar-refractivity contribution in [3.8, 4) is 6.07 Å². The Morgan fingerprint density at radius 2 is 1.22 bits per heavy atom. The van der Waals surface area contributed by atoms with E-state index in [0.29, 0.717) is 0 Å². The van der Waals surface area contributed by atoms with Crippen LogP contribution in [0.4, 0.5) is 0 Å². The van der Waals surface area contributed by atoms with Crippen molar-refractivity contribution in [2.45, 2.75) is 59.0 Å². The maximum absolute atomic E-state index is 11.8. The van der Waals surface area contributed by atoms with Gasteiger partial charge in [0.2, 0.25) is 6.54 Å². The van der Waals surface area contributed by atoms with Crippen LogP contribution in [0.1, 0.15) is 34.6 Å². The predicted octanol–water partition coefficient (Wildman–Crippen LogP) is -0.307. The summed E-state index contributed by atoms with van der Waals surface area (Å²) >= 11 is 0. The van der Waals surface area contributed by atoms with Crippen LogP contribution >= 0.6 is 0 Å². The first-order chi connectivity index (χ1) is 14.8. The Hall–Kier alpha value is -3.76. The highest BCUT2D eigenvalue weighted by Crippen LogP contribution is 2.24. The van der Waals surface area contributed by atoms with Gasteiger partial charge in [-0.05, 0) is 0 Å². The van der Waals surface area contributed by atoms with Crippen molar-refractivity contribution < 1.29 is 52.6 Å². The molecular weight excluding hydrogens is 436 g/mol. The first-order valence-electron chi connectivity index (χ1n) is 9.12. The molecule has 0 aliphatic carbocycles. The Morgan fingerprint density at radius 3 is 1.59 bits per heavy atom. The minimum Gasteiger partial charge on any atom is -0.462 e. The molecule has 32 heavy (non-hydrogen) atoms. The number of carbonyl (C=O) groups excluding carboxylic acids is 5. The zero-order chi connectivity index (χ0) is 25.0. The largest absolute Gasteiger partial charge is 0.462 e. The van der Waals surface area contributed by atoms with E-state index in [4.69, 9.17) is 23.7 Å². The molecule has 14 heteroatoms. The number of esters is 5. The zero-order valence-electron chi connectivity index (χ0n) is 18.1. The van der Waals surface area contributed by atoms with E-state index in [1.165, 1.54) is 0 Å². The number of hydrogen-bond donors (Lipinski definition) is 0. The Labute approximate surface area is 182 Å². The number of nitriles is 1. The molecule has 0 unspecified atom stereocenters. The van der Waals surface area contributed by atoms with E-state index in [2.05, 4.69) is 0 Å². The standard InChI is InChI=1S/C18H24N2O12/c1-9(21)28-8-15(29-10(2)22)17(31-12(4)24)18(32-13(5)25)16(30-11(3)23)14(6-19)7-20(26)27/h14-18H,7-8H2,1-5H3/t14-,15-,16-,17+,18-/m1/s1. The summed E-state index contributed by atoms with van der Waals surface area (Å²) in [4.78, 5) is 68.1. The molecule has 0 N–H and O–H groups in total. The summed E-state index contributed by atoms with van der Waals surface area (Å²) in [6.45, 7) is 3.14. The van der Waals surface area contributed by atoms with E-state index < -0.39 is 78.3 Å². The highest BCUT2D eigenvalue weighted by molar-refractivity contribution is 5.69. The van der Waals surface area contributed by atoms with Crippen molar-refractivity contribution in [2.75, 3.05) is 13.2 Å². The van der Waals surface area contributed by atoms with Crippen molar-refractivity contribution in [3.05, 3.63) is 10.1 Å². The van der Waals surface area contributed by atoms with Crippen LogP contribution in [0.3, 0.4) is 0 Å². The number of nitrogens with zero attached hydrogens (tertiary/aromatic N) is 2. The first kappa shape index (κ1) is 28.2. The van der Waals surface area contributed by atoms with Gasteiger partial charge in [-0.15, -0.1) is 0 Å². The van der Waals surface area contributed by atoms with Crippen molar-refractivity contribution in [3.63, 3.8) is 0 Å². The van der Waals surface area contributed by atoms with Crippen LogP contribution in [-0.4, -0.2) is 72.3 Å². The van der Waals surface area contributed by atoms with E-state index >= 15 is 0 Å². The Morgan fingerprint density at radius 1 is 0.781 bits per heavy atom. The molecule has 0 aromatic heterocycles. The molecule has 0 fully saturated rings. The summed E-state index contributed by atoms with van der Waals surface area (Å²) in [5.74, 6) is -6.35. The van der Waals surface area contributed by atoms with Gasteiger partial charge in [-0.1, -0.05) is 0 Å². The topological polar surface area (TPSA) is 198 Å². The van der Waals surface area contributed by atoms with Crippen molar-refractivity contribution >= 4 is 29.8 Å². The highest BCUT2D eigenvalue weighted by atomic mass is 16.6. The molecule has 0 aliphatic heterocycles. The summed E-state index contributed by atoms with van der Waals surface area (Å²) in [6.07, 6.45) is -7.01. The number of nitro groups is 1. The molecule has 0 amide bonds. The maximum Gasteiger partial charge on any atom is 0.303 e. The molecule has 0 bridgehead atoms. The van der Waals surface area contributed by atoms with Crippen LogP contribution in [-0.2, 0) is 47.7 Å². The van der Waals surface area contributed by atoms with Crippen molar-refractivity contribution in [2.24, 2.45) is 5.92 Å². The van der Waals surface area contributed by atoms with E-state index in [1.807, 2.05) is 0 Å². The van der Waals surface area contributed by atoms with Crippen LogP contribution in [0.2, 0.25) is 0 Å². The van der Waals surface area contributed by atoms with Gasteiger partial charge >= 0.3 is 29.8 Å². The lowest BCUT2D eigenvalue weighted by Crippen LogP contribution is -2.55. The van der Waals surface area contributed by atoms with Gasteiger partial charge in [0.15, 0.2) is 30.3 Å². The van der Waals surface area contributed by atoms with E-state index in [0.717, 1.165) is 34.6 Å². The van der Waals surface area contributed by atoms with Crippen LogP contribution in [0.5, 0.6) is 0 Å². The summed E-state index contributed by atoms with van der Waals surface area (Å²) in [6, 6.07) is 1.59. The van der Waals surface area contributed by atoms with Crippen LogP contribution in [0, 0.1) is 27.4 Å². The third-order valence-corrected chi connectivity index (χ3v) is 3.60. The fourth-order valence-electron chi connectivity index (χ4n) is 2.62. The number of rotatable bonds is 12. The molecule has 0 aromatic rings. The lowest BCUT2D eigenvalue weighted by Gasteiger charge is -2.36. The number of ether oxygens (including phenoxy) is 5. The van der Waals surface area contributed by atoms with Gasteiger partial charge in [0.25, 0.3) is 0 Å². The third kappa shape index (κ3) is 10.9. The molecule has 0 heterocycles. The summed E-state index contributed by atoms with van der Waals surface area (Å²) in [7, 11) is 0. The van der Waals surface area contributed by atoms with E-state index in [9.17, 15) is 39.3 Å². The summed E-state index contributed by atoms with van der Waals surface area (Å²) < 4.78 is 25.1. The Balaban J connectivity index is 6.59. The quantitative estimate of drug-likeness (QED) is 0.159. The molecule has 0 aromatic carbocycles. The van der Waals surface area contributed by atoms with E-state index in [1.54, 1.807) is 6.07 Å². The second-order valence-corrected chi connectivity index (χ2v) is 6.42. The second kappa shape index (κ2) is 13.5. The van der Waals surface area contributed by atoms with Gasteiger partial charge in [0.05, 0.1) is 6.07 Å². The zero-order valence-corrected chi connectivity index (χ0v) is 18.1. The second-order valence-electron chi connectivity index (χ2n) is 6.42. The molecule has 5 atom stereocenters. The van der Waals surface area contributed by atoms with Crippen LogP contribution < -0.4 is 0 Å². The molecule has 0 spiro atoms. The minimum atomic E-state index is -1.84. The molecule has 0 saturated carbocycles. The van der Waals surface area contributed by atoms with E-state index in [-0.39, 0.29) is 0 Å². The molecule has 178 valence electrons. The van der Waals surface area contributed by atoms with Gasteiger partial charge in [-0.25, -0.2) is 0 Å². The van der Waals surface area contributed by atoms with Gasteiger partial charge in [-0.2, -0.15) is 5.26 Å². The van der Waals surface area contributed by atoms with Crippen molar-refractivity contribution in [1.29, 1.82) is 5.26 Å². The number of carbonyl (C=O) groups is 5.